The monoisotopic (exact) mass is 566 g/mol. The van der Waals surface area contributed by atoms with E-state index in [1.165, 1.54) is 6.20 Å². The molecule has 0 aliphatic heterocycles. The molecule has 0 bridgehead atoms. The molecule has 0 aromatic carbocycles. The van der Waals surface area contributed by atoms with Gasteiger partial charge in [0.1, 0.15) is 19.9 Å². The number of hydrogen-bond acceptors (Lipinski definition) is 6. The van der Waals surface area contributed by atoms with Gasteiger partial charge in [-0.25, -0.2) is 9.97 Å². The highest BCUT2D eigenvalue weighted by atomic mass is 35.6. The van der Waals surface area contributed by atoms with Crippen LogP contribution in [0.4, 0.5) is 0 Å². The van der Waals surface area contributed by atoms with Crippen LogP contribution in [0.3, 0.4) is 0 Å². The SMILES string of the molecule is CC(C)(C)C(=O)NC(Sc1nccc(S[C@H](NC(=O)C(C)(C)C)C(Cl)(Cl)Cl)n1)=C(Cl)Cl. The molecule has 0 fully saturated rings. The third-order valence-corrected chi connectivity index (χ3v) is 7.07. The zero-order chi connectivity index (χ0) is 24.2. The van der Waals surface area contributed by atoms with Gasteiger partial charge in [-0.15, -0.1) is 0 Å². The van der Waals surface area contributed by atoms with E-state index in [-0.39, 0.29) is 26.5 Å². The highest BCUT2D eigenvalue weighted by Crippen LogP contribution is 2.40. The van der Waals surface area contributed by atoms with Crippen molar-refractivity contribution in [3.8, 4) is 0 Å². The smallest absolute Gasteiger partial charge is 0.230 e. The van der Waals surface area contributed by atoms with Gasteiger partial charge in [-0.05, 0) is 17.8 Å². The molecule has 1 aromatic heterocycles. The highest BCUT2D eigenvalue weighted by Gasteiger charge is 2.37. The minimum Gasteiger partial charge on any atom is -0.339 e. The van der Waals surface area contributed by atoms with Crippen molar-refractivity contribution in [1.29, 1.82) is 0 Å². The van der Waals surface area contributed by atoms with Gasteiger partial charge >= 0.3 is 0 Å². The summed E-state index contributed by atoms with van der Waals surface area (Å²) >= 11 is 32.1. The van der Waals surface area contributed by atoms with Crippen molar-refractivity contribution in [2.75, 3.05) is 0 Å². The van der Waals surface area contributed by atoms with E-state index in [4.69, 9.17) is 58.0 Å². The van der Waals surface area contributed by atoms with Crippen molar-refractivity contribution in [3.63, 3.8) is 0 Å². The number of hydrogen-bond donors (Lipinski definition) is 2. The molecule has 174 valence electrons. The number of thioether (sulfide) groups is 2. The number of nitrogens with zero attached hydrogens (tertiary/aromatic N) is 2. The van der Waals surface area contributed by atoms with E-state index in [9.17, 15) is 9.59 Å². The molecule has 1 heterocycles. The molecule has 2 amide bonds. The molecule has 31 heavy (non-hydrogen) atoms. The third-order valence-electron chi connectivity index (χ3n) is 3.36. The lowest BCUT2D eigenvalue weighted by Gasteiger charge is -2.28. The molecule has 0 saturated heterocycles. The van der Waals surface area contributed by atoms with Crippen molar-refractivity contribution >= 4 is 93.3 Å². The Bertz CT molecular complexity index is 845. The van der Waals surface area contributed by atoms with Crippen LogP contribution in [-0.4, -0.2) is 30.9 Å². The number of carbonyl (C=O) groups excluding carboxylic acids is 2. The lowest BCUT2D eigenvalue weighted by atomic mass is 9.96. The molecule has 6 nitrogen and oxygen atoms in total. The lowest BCUT2D eigenvalue weighted by molar-refractivity contribution is -0.129. The molecule has 0 unspecified atom stereocenters. The molecule has 0 saturated carbocycles. The quantitative estimate of drug-likeness (QED) is 0.138. The number of rotatable bonds is 6. The molecule has 1 rings (SSSR count). The third kappa shape index (κ3) is 10.2. The van der Waals surface area contributed by atoms with Crippen LogP contribution in [-0.2, 0) is 9.59 Å². The minimum atomic E-state index is -1.80. The summed E-state index contributed by atoms with van der Waals surface area (Å²) in [6, 6.07) is 1.60. The Morgan fingerprint density at radius 3 is 2.00 bits per heavy atom. The summed E-state index contributed by atoms with van der Waals surface area (Å²) in [6.45, 7) is 10.5. The second-order valence-corrected chi connectivity index (χ2v) is 13.8. The molecule has 0 aliphatic rings. The van der Waals surface area contributed by atoms with E-state index in [1.807, 2.05) is 0 Å². The van der Waals surface area contributed by atoms with Crippen LogP contribution >= 0.6 is 81.5 Å². The van der Waals surface area contributed by atoms with Gasteiger partial charge < -0.3 is 10.6 Å². The average molecular weight is 569 g/mol. The Kier molecular flexibility index (Phi) is 10.6. The topological polar surface area (TPSA) is 84.0 Å². The number of aromatic nitrogens is 2. The van der Waals surface area contributed by atoms with E-state index in [2.05, 4.69) is 20.6 Å². The predicted octanol–water partition coefficient (Wildman–Crippen LogP) is 6.29. The van der Waals surface area contributed by atoms with Crippen molar-refractivity contribution in [2.45, 2.75) is 60.9 Å². The zero-order valence-electron chi connectivity index (χ0n) is 17.6. The van der Waals surface area contributed by atoms with Gasteiger partial charge in [-0.3, -0.25) is 9.59 Å². The van der Waals surface area contributed by atoms with Crippen LogP contribution in [0.1, 0.15) is 41.5 Å². The number of nitrogens with one attached hydrogen (secondary N) is 2. The first-order valence-electron chi connectivity index (χ1n) is 8.83. The molecular weight excluding hydrogens is 546 g/mol. The molecule has 0 aliphatic carbocycles. The van der Waals surface area contributed by atoms with Crippen LogP contribution in [0, 0.1) is 10.8 Å². The number of amides is 2. The van der Waals surface area contributed by atoms with Gasteiger partial charge in [0.25, 0.3) is 0 Å². The molecule has 1 atom stereocenters. The maximum absolute atomic E-state index is 12.4. The Morgan fingerprint density at radius 1 is 1.00 bits per heavy atom. The Morgan fingerprint density at radius 2 is 1.55 bits per heavy atom. The van der Waals surface area contributed by atoms with E-state index in [0.29, 0.717) is 5.03 Å². The second kappa shape index (κ2) is 11.4. The van der Waals surface area contributed by atoms with Gasteiger partial charge in [0.15, 0.2) is 5.16 Å². The lowest BCUT2D eigenvalue weighted by Crippen LogP contribution is -2.46. The maximum atomic E-state index is 12.4. The predicted molar refractivity (Wildman–Crippen MR) is 132 cm³/mol. The summed E-state index contributed by atoms with van der Waals surface area (Å²) in [5.74, 6) is -0.565. The van der Waals surface area contributed by atoms with E-state index in [0.717, 1.165) is 23.5 Å². The summed E-state index contributed by atoms with van der Waals surface area (Å²) in [4.78, 5) is 33.2. The molecule has 13 heteroatoms. The average Bonchev–Trinajstić information content (AvgIpc) is 2.58. The van der Waals surface area contributed by atoms with Crippen LogP contribution < -0.4 is 10.6 Å². The highest BCUT2D eigenvalue weighted by molar-refractivity contribution is 8.03. The first-order valence-corrected chi connectivity index (χ1v) is 12.4. The normalized spacial score (nSPS) is 13.4. The molecule has 2 N–H and O–H groups in total. The van der Waals surface area contributed by atoms with Crippen LogP contribution in [0.2, 0.25) is 0 Å². The fraction of sp³-hybridized carbons (Fsp3) is 0.556. The van der Waals surface area contributed by atoms with Gasteiger partial charge in [0.05, 0.1) is 0 Å². The summed E-state index contributed by atoms with van der Waals surface area (Å²) in [7, 11) is 0. The minimum absolute atomic E-state index is 0.138. The molecular formula is C18H23Cl5N4O2S2. The van der Waals surface area contributed by atoms with Crippen LogP contribution in [0.5, 0.6) is 0 Å². The summed E-state index contributed by atoms with van der Waals surface area (Å²) < 4.78 is -1.93. The fourth-order valence-electron chi connectivity index (χ4n) is 1.57. The summed E-state index contributed by atoms with van der Waals surface area (Å²) in [6.07, 6.45) is 1.49. The fourth-order valence-corrected chi connectivity index (χ4v) is 4.00. The van der Waals surface area contributed by atoms with Crippen LogP contribution in [0.15, 0.2) is 32.0 Å². The maximum Gasteiger partial charge on any atom is 0.230 e. The van der Waals surface area contributed by atoms with Crippen LogP contribution in [0.25, 0.3) is 0 Å². The van der Waals surface area contributed by atoms with Crippen molar-refractivity contribution in [1.82, 2.24) is 20.6 Å². The number of halogens is 5. The Labute approximate surface area is 215 Å². The molecule has 1 aromatic rings. The van der Waals surface area contributed by atoms with Crippen molar-refractivity contribution in [3.05, 3.63) is 21.8 Å². The van der Waals surface area contributed by atoms with Gasteiger partial charge in [-0.1, -0.05) is 111 Å². The first-order chi connectivity index (χ1) is 13.9. The first kappa shape index (κ1) is 28.9. The largest absolute Gasteiger partial charge is 0.339 e. The van der Waals surface area contributed by atoms with Crippen molar-refractivity contribution in [2.24, 2.45) is 10.8 Å². The number of alkyl halides is 3. The van der Waals surface area contributed by atoms with E-state index in [1.54, 1.807) is 47.6 Å². The summed E-state index contributed by atoms with van der Waals surface area (Å²) in [5, 5.41) is 5.33. The van der Waals surface area contributed by atoms with E-state index >= 15 is 0 Å². The molecule has 0 spiro atoms. The number of carbonyl (C=O) groups is 2. The van der Waals surface area contributed by atoms with Crippen molar-refractivity contribution < 1.29 is 9.59 Å². The van der Waals surface area contributed by atoms with E-state index < -0.39 is 20.0 Å². The van der Waals surface area contributed by atoms with Gasteiger partial charge in [0.2, 0.25) is 15.6 Å². The Hall–Kier alpha value is -0.0900. The second-order valence-electron chi connectivity index (χ2n) is 8.34. The zero-order valence-corrected chi connectivity index (χ0v) is 23.1. The summed E-state index contributed by atoms with van der Waals surface area (Å²) in [5.41, 5.74) is -1.33. The Balaban J connectivity index is 3.06. The standard InChI is InChI=1S/C18H23Cl5N4O2S2/c1-16(2,3)12(28)26-11(10(19)20)31-15-24-8-7-9(25-15)30-14(18(21,22)23)27-13(29)17(4,5)6/h7-8,14H,1-6H3,(H,26,28)(H,27,29)/t14-/m0/s1. The molecule has 0 radical (unpaired) electrons. The van der Waals surface area contributed by atoms with Gasteiger partial charge in [-0.2, -0.15) is 0 Å². The van der Waals surface area contributed by atoms with Gasteiger partial charge in [0, 0.05) is 17.0 Å².